The van der Waals surface area contributed by atoms with Crippen LogP contribution < -0.4 is 0 Å². The van der Waals surface area contributed by atoms with Crippen LogP contribution in [0.25, 0.3) is 0 Å². The quantitative estimate of drug-likeness (QED) is 0.266. The molecule has 3 aliphatic rings. The second-order valence-corrected chi connectivity index (χ2v) is 16.6. The summed E-state index contributed by atoms with van der Waals surface area (Å²) >= 11 is 0. The smallest absolute Gasteiger partial charge is 0.311 e. The summed E-state index contributed by atoms with van der Waals surface area (Å²) in [5.74, 6) is -4.47. The maximum atomic E-state index is 14.2. The molecule has 14 heteroatoms. The summed E-state index contributed by atoms with van der Waals surface area (Å²) in [6.45, 7) is 17.1. The molecule has 0 aromatic rings. The summed E-state index contributed by atoms with van der Waals surface area (Å²) in [6.07, 6.45) is -8.73. The monoisotopic (exact) mass is 747 g/mol. The van der Waals surface area contributed by atoms with Crippen molar-refractivity contribution < 1.29 is 63.2 Å². The first-order valence-corrected chi connectivity index (χ1v) is 18.9. The summed E-state index contributed by atoms with van der Waals surface area (Å²) < 4.78 is 43.9. The van der Waals surface area contributed by atoms with Gasteiger partial charge in [0.1, 0.15) is 29.7 Å². The van der Waals surface area contributed by atoms with Gasteiger partial charge in [-0.05, 0) is 74.9 Å². The van der Waals surface area contributed by atoms with E-state index in [4.69, 9.17) is 33.2 Å². The van der Waals surface area contributed by atoms with Crippen molar-refractivity contribution in [2.24, 2.45) is 23.7 Å². The molecular weight excluding hydrogens is 678 g/mol. The average molecular weight is 748 g/mol. The van der Waals surface area contributed by atoms with Gasteiger partial charge in [0.2, 0.25) is 0 Å². The van der Waals surface area contributed by atoms with E-state index < -0.39 is 102 Å². The number of aliphatic hydroxyl groups excluding tert-OH is 3. The minimum atomic E-state index is -1.96. The number of methoxy groups -OCH3 is 2. The Balaban J connectivity index is 2.22. The van der Waals surface area contributed by atoms with Gasteiger partial charge < -0.3 is 58.5 Å². The molecule has 0 unspecified atom stereocenters. The molecule has 0 spiro atoms. The third-order valence-electron chi connectivity index (χ3n) is 12.3. The van der Waals surface area contributed by atoms with Crippen LogP contribution in [-0.4, -0.2) is 150 Å². The van der Waals surface area contributed by atoms with Crippen LogP contribution in [0.1, 0.15) is 94.9 Å². The third-order valence-corrected chi connectivity index (χ3v) is 12.3. The summed E-state index contributed by atoms with van der Waals surface area (Å²) in [5.41, 5.74) is -4.24. The van der Waals surface area contributed by atoms with E-state index in [1.165, 1.54) is 21.1 Å². The molecule has 3 rings (SSSR count). The zero-order valence-corrected chi connectivity index (χ0v) is 33.9. The molecule has 0 aromatic carbocycles. The summed E-state index contributed by atoms with van der Waals surface area (Å²) in [7, 11) is 6.77. The highest BCUT2D eigenvalue weighted by Crippen LogP contribution is 2.41. The molecule has 3 fully saturated rings. The van der Waals surface area contributed by atoms with Gasteiger partial charge in [-0.25, -0.2) is 0 Å². The van der Waals surface area contributed by atoms with Gasteiger partial charge in [0.25, 0.3) is 0 Å². The van der Waals surface area contributed by atoms with Crippen LogP contribution in [0, 0.1) is 23.7 Å². The predicted molar refractivity (Wildman–Crippen MR) is 191 cm³/mol. The fourth-order valence-electron chi connectivity index (χ4n) is 8.58. The molecule has 0 radical (unpaired) electrons. The van der Waals surface area contributed by atoms with Gasteiger partial charge >= 0.3 is 5.97 Å². The molecule has 3 aliphatic heterocycles. The average Bonchev–Trinajstić information content (AvgIpc) is 3.09. The normalized spacial score (nSPS) is 49.0. The van der Waals surface area contributed by atoms with Crippen molar-refractivity contribution in [3.8, 4) is 0 Å². The molecule has 0 bridgehead atoms. The highest BCUT2D eigenvalue weighted by atomic mass is 16.7. The minimum absolute atomic E-state index is 0.111. The van der Waals surface area contributed by atoms with Crippen molar-refractivity contribution in [1.29, 1.82) is 0 Å². The lowest BCUT2D eigenvalue weighted by molar-refractivity contribution is -0.319. The van der Waals surface area contributed by atoms with E-state index >= 15 is 0 Å². The maximum absolute atomic E-state index is 14.2. The molecule has 14 nitrogen and oxygen atoms in total. The van der Waals surface area contributed by atoms with Gasteiger partial charge in [-0.2, -0.15) is 0 Å². The Morgan fingerprint density at radius 2 is 1.44 bits per heavy atom. The lowest BCUT2D eigenvalue weighted by Crippen LogP contribution is -2.61. The van der Waals surface area contributed by atoms with E-state index in [0.717, 1.165) is 0 Å². The summed E-state index contributed by atoms with van der Waals surface area (Å²) in [4.78, 5) is 30.1. The topological polar surface area (TPSA) is 183 Å². The van der Waals surface area contributed by atoms with Gasteiger partial charge in [-0.3, -0.25) is 9.59 Å². The number of likely N-dealkylation sites (N-methyl/N-ethyl adjacent to an activating group) is 1. The Kier molecular flexibility index (Phi) is 15.3. The van der Waals surface area contributed by atoms with Crippen molar-refractivity contribution in [3.63, 3.8) is 0 Å². The number of esters is 1. The Morgan fingerprint density at radius 1 is 0.846 bits per heavy atom. The molecule has 3 saturated heterocycles. The Labute approximate surface area is 310 Å². The Bertz CT molecular complexity index is 1190. The van der Waals surface area contributed by atoms with E-state index in [1.54, 1.807) is 48.5 Å². The SMILES string of the molecule is CC[C@@H]1OC(=O)[C@@H](C)[C@H](O[C@@H]2C[C@](C)(OC)[C@@H](O)[C@@H](C)O2)[C@@H](C)[C@H](O[C@H]2O[C@H](C)C[C@@H](N(C)C)[C@@H]2O)[C@@](C)(OC)C[C@H](C)C(=O)[C@@H](C)[C@H](O)[C@@]1(C)O. The second-order valence-electron chi connectivity index (χ2n) is 16.6. The second kappa shape index (κ2) is 17.7. The molecule has 0 amide bonds. The van der Waals surface area contributed by atoms with Gasteiger partial charge in [0, 0.05) is 44.4 Å². The molecule has 18 atom stereocenters. The molecule has 52 heavy (non-hydrogen) atoms. The van der Waals surface area contributed by atoms with Gasteiger partial charge in [-0.1, -0.05) is 27.7 Å². The molecule has 0 saturated carbocycles. The Hall–Kier alpha value is -1.30. The first-order valence-electron chi connectivity index (χ1n) is 18.9. The van der Waals surface area contributed by atoms with Crippen molar-refractivity contribution >= 4 is 11.8 Å². The first-order chi connectivity index (χ1) is 24.0. The summed E-state index contributed by atoms with van der Waals surface area (Å²) in [6, 6.07) is -0.283. The number of aliphatic hydroxyl groups is 4. The minimum Gasteiger partial charge on any atom is -0.459 e. The molecule has 4 N–H and O–H groups in total. The predicted octanol–water partition coefficient (Wildman–Crippen LogP) is 2.44. The van der Waals surface area contributed by atoms with Crippen LogP contribution in [0.3, 0.4) is 0 Å². The zero-order chi connectivity index (χ0) is 39.7. The summed E-state index contributed by atoms with van der Waals surface area (Å²) in [5, 5.41) is 45.6. The van der Waals surface area contributed by atoms with E-state index in [-0.39, 0.29) is 37.2 Å². The van der Waals surface area contributed by atoms with Crippen LogP contribution in [0.4, 0.5) is 0 Å². The maximum Gasteiger partial charge on any atom is 0.311 e. The lowest BCUT2D eigenvalue weighted by atomic mass is 9.74. The standard InChI is InChI=1S/C38H69NO13/c1-15-26-38(10,45)31(42)21(4)28(40)19(2)17-37(9,47-14)33(52-35-29(41)25(39(11)12)16-20(3)48-35)22(5)30(23(6)34(44)50-26)51-27-18-36(8,46-13)32(43)24(7)49-27/h19-27,29-33,35,41-43,45H,15-18H2,1-14H3/t19-,20+,21+,22+,23-,24+,25+,26-,27+,29-,30+,31-,32-,33-,35+,36-,37-,38-/m0/s1. The lowest BCUT2D eigenvalue weighted by Gasteiger charge is -2.50. The molecule has 0 aliphatic carbocycles. The van der Waals surface area contributed by atoms with Gasteiger partial charge in [0.05, 0.1) is 47.6 Å². The number of ketones is 1. The number of cyclic esters (lactones) is 1. The Morgan fingerprint density at radius 3 is 1.98 bits per heavy atom. The van der Waals surface area contributed by atoms with Crippen LogP contribution in [-0.2, 0) is 42.7 Å². The molecule has 304 valence electrons. The van der Waals surface area contributed by atoms with Crippen LogP contribution in [0.15, 0.2) is 0 Å². The first kappa shape index (κ1) is 45.1. The number of hydrogen-bond acceptors (Lipinski definition) is 14. The number of ether oxygens (including phenoxy) is 7. The number of carbonyl (C=O) groups excluding carboxylic acids is 2. The van der Waals surface area contributed by atoms with Gasteiger partial charge in [0.15, 0.2) is 12.6 Å². The number of Topliss-reactive ketones (excluding diaryl/α,β-unsaturated/α-hetero) is 1. The van der Waals surface area contributed by atoms with E-state index in [0.29, 0.717) is 6.42 Å². The number of carbonyl (C=O) groups is 2. The van der Waals surface area contributed by atoms with E-state index in [2.05, 4.69) is 0 Å². The number of rotatable bonds is 8. The van der Waals surface area contributed by atoms with Crippen molar-refractivity contribution in [2.45, 2.75) is 179 Å². The van der Waals surface area contributed by atoms with Crippen LogP contribution in [0.2, 0.25) is 0 Å². The number of nitrogens with zero attached hydrogens (tertiary/aromatic N) is 1. The van der Waals surface area contributed by atoms with E-state index in [9.17, 15) is 30.0 Å². The van der Waals surface area contributed by atoms with Crippen molar-refractivity contribution in [2.75, 3.05) is 28.3 Å². The highest BCUT2D eigenvalue weighted by Gasteiger charge is 2.54. The van der Waals surface area contributed by atoms with E-state index in [1.807, 2.05) is 32.8 Å². The van der Waals surface area contributed by atoms with Crippen molar-refractivity contribution in [3.05, 3.63) is 0 Å². The molecular formula is C38H69NO13. The van der Waals surface area contributed by atoms with Crippen molar-refractivity contribution in [1.82, 2.24) is 4.90 Å². The molecule has 3 heterocycles. The third kappa shape index (κ3) is 9.38. The number of hydrogen-bond donors (Lipinski definition) is 4. The van der Waals surface area contributed by atoms with Crippen LogP contribution in [0.5, 0.6) is 0 Å². The van der Waals surface area contributed by atoms with Gasteiger partial charge in [-0.15, -0.1) is 0 Å². The fraction of sp³-hybridized carbons (Fsp3) is 0.947. The zero-order valence-electron chi connectivity index (χ0n) is 33.9. The highest BCUT2D eigenvalue weighted by molar-refractivity contribution is 5.83. The van der Waals surface area contributed by atoms with Crippen LogP contribution >= 0.6 is 0 Å². The fourth-order valence-corrected chi connectivity index (χ4v) is 8.58. The largest absolute Gasteiger partial charge is 0.459 e. The molecule has 0 aromatic heterocycles.